The van der Waals surface area contributed by atoms with Crippen molar-refractivity contribution in [3.63, 3.8) is 0 Å². The molecule has 0 radical (unpaired) electrons. The van der Waals surface area contributed by atoms with Gasteiger partial charge in [-0.3, -0.25) is 0 Å². The standard InChI is InChI=1S/C14H12N2O3S/c1-10-4-6-11(7-5-10)20(18,19)16-9-13(17)12-3-2-8-15-14(12)16/h2-9,17H,1H3. The summed E-state index contributed by atoms with van der Waals surface area (Å²) in [7, 11) is -3.77. The molecule has 0 spiro atoms. The van der Waals surface area contributed by atoms with Gasteiger partial charge in [0.2, 0.25) is 0 Å². The average molecular weight is 288 g/mol. The van der Waals surface area contributed by atoms with Gasteiger partial charge in [0, 0.05) is 6.20 Å². The molecule has 2 heterocycles. The van der Waals surface area contributed by atoms with E-state index in [1.165, 1.54) is 24.5 Å². The van der Waals surface area contributed by atoms with Crippen LogP contribution in [0, 0.1) is 6.92 Å². The lowest BCUT2D eigenvalue weighted by molar-refractivity contribution is 0.480. The van der Waals surface area contributed by atoms with E-state index in [-0.39, 0.29) is 16.3 Å². The molecule has 3 rings (SSSR count). The van der Waals surface area contributed by atoms with Crippen LogP contribution in [-0.2, 0) is 10.0 Å². The van der Waals surface area contributed by atoms with Crippen LogP contribution >= 0.6 is 0 Å². The number of nitrogens with zero attached hydrogens (tertiary/aromatic N) is 2. The first kappa shape index (κ1) is 12.7. The van der Waals surface area contributed by atoms with E-state index in [9.17, 15) is 13.5 Å². The topological polar surface area (TPSA) is 72.2 Å². The zero-order chi connectivity index (χ0) is 14.3. The quantitative estimate of drug-likeness (QED) is 0.785. The van der Waals surface area contributed by atoms with Gasteiger partial charge in [0.15, 0.2) is 5.65 Å². The summed E-state index contributed by atoms with van der Waals surface area (Å²) in [5.41, 5.74) is 1.19. The van der Waals surface area contributed by atoms with Crippen LogP contribution in [0.1, 0.15) is 5.56 Å². The summed E-state index contributed by atoms with van der Waals surface area (Å²) >= 11 is 0. The molecule has 0 saturated heterocycles. The molecule has 0 aliphatic heterocycles. The number of hydrogen-bond donors (Lipinski definition) is 1. The molecule has 5 nitrogen and oxygen atoms in total. The van der Waals surface area contributed by atoms with E-state index in [1.807, 2.05) is 6.92 Å². The molecule has 0 aliphatic rings. The Labute approximate surface area is 116 Å². The Bertz CT molecular complexity index is 880. The maximum atomic E-state index is 12.6. The van der Waals surface area contributed by atoms with Crippen LogP contribution in [0.25, 0.3) is 11.0 Å². The molecule has 0 amide bonds. The fraction of sp³-hybridized carbons (Fsp3) is 0.0714. The van der Waals surface area contributed by atoms with Crippen molar-refractivity contribution < 1.29 is 13.5 Å². The molecule has 6 heteroatoms. The molecule has 1 N–H and O–H groups in total. The van der Waals surface area contributed by atoms with E-state index in [4.69, 9.17) is 0 Å². The number of rotatable bonds is 2. The van der Waals surface area contributed by atoms with Gasteiger partial charge in [-0.2, -0.15) is 0 Å². The first-order valence-corrected chi connectivity index (χ1v) is 7.41. The number of benzene rings is 1. The lowest BCUT2D eigenvalue weighted by Crippen LogP contribution is -2.12. The first-order chi connectivity index (χ1) is 9.50. The lowest BCUT2D eigenvalue weighted by atomic mass is 10.2. The van der Waals surface area contributed by atoms with Gasteiger partial charge in [-0.1, -0.05) is 17.7 Å². The van der Waals surface area contributed by atoms with Gasteiger partial charge in [-0.15, -0.1) is 0 Å². The van der Waals surface area contributed by atoms with Crippen LogP contribution in [-0.4, -0.2) is 22.5 Å². The Balaban J connectivity index is 2.27. The molecule has 0 bridgehead atoms. The maximum Gasteiger partial charge on any atom is 0.269 e. The van der Waals surface area contributed by atoms with E-state index < -0.39 is 10.0 Å². The highest BCUT2D eigenvalue weighted by Gasteiger charge is 2.21. The second-order valence-corrected chi connectivity index (χ2v) is 6.32. The molecule has 20 heavy (non-hydrogen) atoms. The number of aromatic hydroxyl groups is 1. The molecule has 0 fully saturated rings. The van der Waals surface area contributed by atoms with Gasteiger partial charge in [0.25, 0.3) is 10.0 Å². The van der Waals surface area contributed by atoms with Crippen molar-refractivity contribution in [3.05, 3.63) is 54.4 Å². The van der Waals surface area contributed by atoms with Crippen molar-refractivity contribution >= 4 is 21.1 Å². The molecule has 102 valence electrons. The fourth-order valence-electron chi connectivity index (χ4n) is 2.02. The smallest absolute Gasteiger partial charge is 0.269 e. The van der Waals surface area contributed by atoms with Gasteiger partial charge in [-0.25, -0.2) is 17.4 Å². The highest BCUT2D eigenvalue weighted by atomic mass is 32.2. The van der Waals surface area contributed by atoms with Crippen LogP contribution in [0.15, 0.2) is 53.7 Å². The van der Waals surface area contributed by atoms with E-state index in [1.54, 1.807) is 24.3 Å². The Morgan fingerprint density at radius 1 is 1.15 bits per heavy atom. The monoisotopic (exact) mass is 288 g/mol. The second-order valence-electron chi connectivity index (χ2n) is 4.50. The first-order valence-electron chi connectivity index (χ1n) is 5.97. The van der Waals surface area contributed by atoms with Gasteiger partial charge in [0.05, 0.1) is 16.5 Å². The lowest BCUT2D eigenvalue weighted by Gasteiger charge is -2.06. The minimum absolute atomic E-state index is 0.108. The van der Waals surface area contributed by atoms with Crippen molar-refractivity contribution in [2.75, 3.05) is 0 Å². The fourth-order valence-corrected chi connectivity index (χ4v) is 3.34. The van der Waals surface area contributed by atoms with Crippen LogP contribution in [0.4, 0.5) is 0 Å². The molecule has 0 unspecified atom stereocenters. The second kappa shape index (κ2) is 4.35. The maximum absolute atomic E-state index is 12.6. The van der Waals surface area contributed by atoms with Gasteiger partial charge >= 0.3 is 0 Å². The van der Waals surface area contributed by atoms with Crippen molar-refractivity contribution in [1.29, 1.82) is 0 Å². The van der Waals surface area contributed by atoms with E-state index in [0.29, 0.717) is 5.39 Å². The van der Waals surface area contributed by atoms with Gasteiger partial charge in [-0.05, 0) is 31.2 Å². The van der Waals surface area contributed by atoms with Crippen molar-refractivity contribution in [2.24, 2.45) is 0 Å². The van der Waals surface area contributed by atoms with Gasteiger partial charge < -0.3 is 5.11 Å². The zero-order valence-electron chi connectivity index (χ0n) is 10.7. The predicted molar refractivity (Wildman–Crippen MR) is 75.2 cm³/mol. The van der Waals surface area contributed by atoms with E-state index in [2.05, 4.69) is 4.98 Å². The predicted octanol–water partition coefficient (Wildman–Crippen LogP) is 2.29. The van der Waals surface area contributed by atoms with E-state index in [0.717, 1.165) is 9.54 Å². The molecule has 0 atom stereocenters. The van der Waals surface area contributed by atoms with Crippen LogP contribution in [0.2, 0.25) is 0 Å². The molecule has 0 aliphatic carbocycles. The van der Waals surface area contributed by atoms with Crippen molar-refractivity contribution in [3.8, 4) is 5.75 Å². The number of fused-ring (bicyclic) bond motifs is 1. The summed E-state index contributed by atoms with van der Waals surface area (Å²) in [5, 5.41) is 10.2. The minimum atomic E-state index is -3.77. The zero-order valence-corrected chi connectivity index (χ0v) is 11.5. The van der Waals surface area contributed by atoms with Gasteiger partial charge in [0.1, 0.15) is 5.75 Å². The largest absolute Gasteiger partial charge is 0.506 e. The summed E-state index contributed by atoms with van der Waals surface area (Å²) in [5.74, 6) is -0.108. The summed E-state index contributed by atoms with van der Waals surface area (Å²) in [6.07, 6.45) is 2.66. The molecule has 3 aromatic rings. The Hall–Kier alpha value is -2.34. The highest BCUT2D eigenvalue weighted by Crippen LogP contribution is 2.28. The minimum Gasteiger partial charge on any atom is -0.506 e. The summed E-state index contributed by atoms with van der Waals surface area (Å²) in [4.78, 5) is 4.19. The van der Waals surface area contributed by atoms with Crippen LogP contribution < -0.4 is 0 Å². The van der Waals surface area contributed by atoms with Crippen LogP contribution in [0.3, 0.4) is 0 Å². The molecular formula is C14H12N2O3S. The summed E-state index contributed by atoms with van der Waals surface area (Å²) < 4.78 is 26.2. The van der Waals surface area contributed by atoms with Crippen molar-refractivity contribution in [2.45, 2.75) is 11.8 Å². The number of pyridine rings is 1. The normalized spacial score (nSPS) is 11.8. The Morgan fingerprint density at radius 3 is 2.55 bits per heavy atom. The third kappa shape index (κ3) is 1.85. The number of hydrogen-bond acceptors (Lipinski definition) is 4. The summed E-state index contributed by atoms with van der Waals surface area (Å²) in [6.45, 7) is 1.88. The third-order valence-electron chi connectivity index (χ3n) is 3.09. The summed E-state index contributed by atoms with van der Waals surface area (Å²) in [6, 6.07) is 9.80. The molecule has 1 aromatic carbocycles. The Morgan fingerprint density at radius 2 is 1.85 bits per heavy atom. The Kier molecular flexibility index (Phi) is 2.76. The average Bonchev–Trinajstić information content (AvgIpc) is 2.78. The third-order valence-corrected chi connectivity index (χ3v) is 4.75. The van der Waals surface area contributed by atoms with Crippen molar-refractivity contribution in [1.82, 2.24) is 8.96 Å². The molecular weight excluding hydrogens is 276 g/mol. The molecule has 0 saturated carbocycles. The SMILES string of the molecule is Cc1ccc(S(=O)(=O)n2cc(O)c3cccnc32)cc1. The van der Waals surface area contributed by atoms with Crippen LogP contribution in [0.5, 0.6) is 5.75 Å². The highest BCUT2D eigenvalue weighted by molar-refractivity contribution is 7.90. The number of aromatic nitrogens is 2. The number of aryl methyl sites for hydroxylation is 1. The van der Waals surface area contributed by atoms with E-state index >= 15 is 0 Å². The molecule has 2 aromatic heterocycles.